The van der Waals surface area contributed by atoms with E-state index in [1.807, 2.05) is 43.3 Å². The minimum Gasteiger partial charge on any atom is -0.469 e. The fourth-order valence-electron chi connectivity index (χ4n) is 1.38. The number of furan rings is 1. The molecule has 0 unspecified atom stereocenters. The van der Waals surface area contributed by atoms with E-state index in [4.69, 9.17) is 10.3 Å². The van der Waals surface area contributed by atoms with Crippen molar-refractivity contribution in [1.82, 2.24) is 5.43 Å². The number of hydrogen-bond acceptors (Lipinski definition) is 3. The Morgan fingerprint density at radius 1 is 1.31 bits per heavy atom. The van der Waals surface area contributed by atoms with Gasteiger partial charge in [0.2, 0.25) is 0 Å². The lowest BCUT2D eigenvalue weighted by atomic mass is 10.3. The highest BCUT2D eigenvalue weighted by molar-refractivity contribution is 5.99. The van der Waals surface area contributed by atoms with Crippen molar-refractivity contribution in [2.24, 2.45) is 10.8 Å². The number of aliphatic imine (C=N–C) groups is 1. The summed E-state index contributed by atoms with van der Waals surface area (Å²) in [6.45, 7) is 1.88. The monoisotopic (exact) mass is 215 g/mol. The third kappa shape index (κ3) is 2.29. The maximum Gasteiger partial charge on any atom is 0.151 e. The number of nitrogens with zero attached hydrogens (tertiary/aromatic N) is 1. The van der Waals surface area contributed by atoms with Crippen LogP contribution in [0.5, 0.6) is 0 Å². The lowest BCUT2D eigenvalue weighted by Crippen LogP contribution is -2.30. The SMILES string of the molecule is Cc1cc(C(=Nc2ccccc2)NN)co1. The second kappa shape index (κ2) is 4.63. The van der Waals surface area contributed by atoms with Crippen molar-refractivity contribution in [3.8, 4) is 0 Å². The highest BCUT2D eigenvalue weighted by Crippen LogP contribution is 2.13. The van der Waals surface area contributed by atoms with Crippen molar-refractivity contribution >= 4 is 11.5 Å². The van der Waals surface area contributed by atoms with Crippen LogP contribution >= 0.6 is 0 Å². The van der Waals surface area contributed by atoms with E-state index < -0.39 is 0 Å². The number of hydrazine groups is 1. The first-order valence-corrected chi connectivity index (χ1v) is 4.95. The Bertz CT molecular complexity index is 488. The molecule has 4 heteroatoms. The third-order valence-electron chi connectivity index (χ3n) is 2.14. The summed E-state index contributed by atoms with van der Waals surface area (Å²) < 4.78 is 5.21. The molecular weight excluding hydrogens is 202 g/mol. The summed E-state index contributed by atoms with van der Waals surface area (Å²) in [5.74, 6) is 6.85. The number of nitrogens with one attached hydrogen (secondary N) is 1. The summed E-state index contributed by atoms with van der Waals surface area (Å²) in [5.41, 5.74) is 4.25. The molecule has 0 amide bonds. The van der Waals surface area contributed by atoms with Crippen LogP contribution < -0.4 is 11.3 Å². The molecule has 1 aromatic heterocycles. The number of aryl methyl sites for hydroxylation is 1. The van der Waals surface area contributed by atoms with Gasteiger partial charge in [0.05, 0.1) is 11.3 Å². The third-order valence-corrected chi connectivity index (χ3v) is 2.14. The van der Waals surface area contributed by atoms with Crippen molar-refractivity contribution in [2.45, 2.75) is 6.92 Å². The molecule has 0 saturated carbocycles. The van der Waals surface area contributed by atoms with Crippen molar-refractivity contribution in [3.05, 3.63) is 54.0 Å². The van der Waals surface area contributed by atoms with Crippen molar-refractivity contribution in [2.75, 3.05) is 0 Å². The number of para-hydroxylation sites is 1. The van der Waals surface area contributed by atoms with Crippen LogP contribution in [0.2, 0.25) is 0 Å². The zero-order valence-corrected chi connectivity index (χ0v) is 8.97. The Balaban J connectivity index is 2.33. The number of amidine groups is 1. The van der Waals surface area contributed by atoms with E-state index in [-0.39, 0.29) is 0 Å². The van der Waals surface area contributed by atoms with E-state index >= 15 is 0 Å². The smallest absolute Gasteiger partial charge is 0.151 e. The molecule has 1 heterocycles. The predicted octanol–water partition coefficient (Wildman–Crippen LogP) is 2.13. The van der Waals surface area contributed by atoms with E-state index in [0.29, 0.717) is 5.84 Å². The summed E-state index contributed by atoms with van der Waals surface area (Å²) >= 11 is 0. The molecule has 0 radical (unpaired) electrons. The van der Waals surface area contributed by atoms with Gasteiger partial charge in [0, 0.05) is 0 Å². The molecule has 2 rings (SSSR count). The zero-order valence-electron chi connectivity index (χ0n) is 8.97. The molecule has 1 aromatic carbocycles. The lowest BCUT2D eigenvalue weighted by molar-refractivity contribution is 0.533. The Kier molecular flexibility index (Phi) is 3.03. The maximum absolute atomic E-state index is 5.44. The van der Waals surface area contributed by atoms with Crippen LogP contribution in [-0.2, 0) is 0 Å². The summed E-state index contributed by atoms with van der Waals surface area (Å²) in [5, 5.41) is 0. The molecule has 0 aliphatic rings. The number of benzene rings is 1. The Morgan fingerprint density at radius 2 is 2.06 bits per heavy atom. The first-order chi connectivity index (χ1) is 7.79. The van der Waals surface area contributed by atoms with Gasteiger partial charge in [-0.2, -0.15) is 0 Å². The molecule has 4 nitrogen and oxygen atoms in total. The molecule has 2 aromatic rings. The van der Waals surface area contributed by atoms with Crippen LogP contribution in [0, 0.1) is 6.92 Å². The van der Waals surface area contributed by atoms with Gasteiger partial charge in [-0.1, -0.05) is 18.2 Å². The van der Waals surface area contributed by atoms with Gasteiger partial charge in [0.15, 0.2) is 5.84 Å². The molecule has 3 N–H and O–H groups in total. The average molecular weight is 215 g/mol. The molecule has 0 fully saturated rings. The van der Waals surface area contributed by atoms with Crippen molar-refractivity contribution < 1.29 is 4.42 Å². The number of rotatable bonds is 2. The largest absolute Gasteiger partial charge is 0.469 e. The quantitative estimate of drug-likeness (QED) is 0.349. The van der Waals surface area contributed by atoms with Gasteiger partial charge in [-0.3, -0.25) is 0 Å². The standard InChI is InChI=1S/C12H13N3O/c1-9-7-10(8-16-9)12(15-13)14-11-5-3-2-4-6-11/h2-8H,13H2,1H3,(H,14,15). The summed E-state index contributed by atoms with van der Waals surface area (Å²) in [4.78, 5) is 4.38. The second-order valence-electron chi connectivity index (χ2n) is 3.39. The van der Waals surface area contributed by atoms with Gasteiger partial charge in [-0.05, 0) is 25.1 Å². The predicted molar refractivity (Wildman–Crippen MR) is 63.4 cm³/mol. The van der Waals surface area contributed by atoms with Crippen LogP contribution in [-0.4, -0.2) is 5.84 Å². The summed E-state index contributed by atoms with van der Waals surface area (Å²) in [6.07, 6.45) is 1.62. The number of nitrogens with two attached hydrogens (primary N) is 1. The highest BCUT2D eigenvalue weighted by Gasteiger charge is 2.04. The van der Waals surface area contributed by atoms with E-state index in [2.05, 4.69) is 10.4 Å². The zero-order chi connectivity index (χ0) is 11.4. The van der Waals surface area contributed by atoms with Crippen LogP contribution in [0.15, 0.2) is 52.1 Å². The van der Waals surface area contributed by atoms with E-state index in [0.717, 1.165) is 17.0 Å². The van der Waals surface area contributed by atoms with Crippen LogP contribution in [0.1, 0.15) is 11.3 Å². The Morgan fingerprint density at radius 3 is 2.62 bits per heavy atom. The lowest BCUT2D eigenvalue weighted by Gasteiger charge is -2.02. The molecular formula is C12H13N3O. The van der Waals surface area contributed by atoms with Gasteiger partial charge in [0.1, 0.15) is 12.0 Å². The topological polar surface area (TPSA) is 63.5 Å². The minimum absolute atomic E-state index is 0.586. The molecule has 0 atom stereocenters. The maximum atomic E-state index is 5.44. The summed E-state index contributed by atoms with van der Waals surface area (Å²) in [6, 6.07) is 11.5. The minimum atomic E-state index is 0.586. The summed E-state index contributed by atoms with van der Waals surface area (Å²) in [7, 11) is 0. The molecule has 0 saturated heterocycles. The molecule has 0 spiro atoms. The van der Waals surface area contributed by atoms with Crippen molar-refractivity contribution in [3.63, 3.8) is 0 Å². The van der Waals surface area contributed by atoms with Crippen LogP contribution in [0.25, 0.3) is 0 Å². The Labute approximate surface area is 93.8 Å². The molecule has 0 bridgehead atoms. The normalized spacial score (nSPS) is 11.5. The van der Waals surface area contributed by atoms with Gasteiger partial charge in [0.25, 0.3) is 0 Å². The fraction of sp³-hybridized carbons (Fsp3) is 0.0833. The van der Waals surface area contributed by atoms with Gasteiger partial charge < -0.3 is 9.84 Å². The van der Waals surface area contributed by atoms with Crippen molar-refractivity contribution in [1.29, 1.82) is 0 Å². The van der Waals surface area contributed by atoms with E-state index in [1.54, 1.807) is 6.26 Å². The molecule has 82 valence electrons. The first-order valence-electron chi connectivity index (χ1n) is 4.95. The van der Waals surface area contributed by atoms with Gasteiger partial charge in [-0.25, -0.2) is 10.8 Å². The second-order valence-corrected chi connectivity index (χ2v) is 3.39. The van der Waals surface area contributed by atoms with Gasteiger partial charge >= 0.3 is 0 Å². The molecule has 0 aliphatic carbocycles. The van der Waals surface area contributed by atoms with Gasteiger partial charge in [-0.15, -0.1) is 0 Å². The fourth-order valence-corrected chi connectivity index (χ4v) is 1.38. The van der Waals surface area contributed by atoms with Crippen LogP contribution in [0.3, 0.4) is 0 Å². The van der Waals surface area contributed by atoms with E-state index in [1.165, 1.54) is 0 Å². The highest BCUT2D eigenvalue weighted by atomic mass is 16.3. The van der Waals surface area contributed by atoms with E-state index in [9.17, 15) is 0 Å². The average Bonchev–Trinajstić information content (AvgIpc) is 2.74. The van der Waals surface area contributed by atoms with Crippen LogP contribution in [0.4, 0.5) is 5.69 Å². The molecule has 0 aliphatic heterocycles. The molecule has 16 heavy (non-hydrogen) atoms. The first kappa shape index (κ1) is 10.4. The Hall–Kier alpha value is -2.07. The number of hydrogen-bond donors (Lipinski definition) is 2.